The minimum Gasteiger partial charge on any atom is -0.508 e. The summed E-state index contributed by atoms with van der Waals surface area (Å²) in [4.78, 5) is 43.5. The summed E-state index contributed by atoms with van der Waals surface area (Å²) in [6.07, 6.45) is -0.204. The topological polar surface area (TPSA) is 224 Å². The first-order valence-corrected chi connectivity index (χ1v) is 15.8. The Hall–Kier alpha value is -3.34. The average molecular weight is 663 g/mol. The van der Waals surface area contributed by atoms with Crippen LogP contribution in [0, 0.1) is 28.1 Å². The number of aliphatic hydroxyl groups excluding tert-OH is 3. The van der Waals surface area contributed by atoms with Crippen molar-refractivity contribution >= 4 is 29.5 Å². The van der Waals surface area contributed by atoms with E-state index in [4.69, 9.17) is 16.6 Å². The third-order valence-corrected chi connectivity index (χ3v) is 10.8. The van der Waals surface area contributed by atoms with E-state index in [0.717, 1.165) is 0 Å². The molecular weight excluding hydrogens is 613 g/mol. The summed E-state index contributed by atoms with van der Waals surface area (Å²) < 4.78 is 15.6. The fourth-order valence-electron chi connectivity index (χ4n) is 8.17. The fourth-order valence-corrected chi connectivity index (χ4v) is 8.17. The number of amides is 2. The third kappa shape index (κ3) is 5.76. The SMILES string of the molecule is CNCCCN(CC=N)CC(=O)[N+](C)(C)C1CC(F)=C2CC3(C)CC4C(N(C)C)C(O)C(C(N)=O)C(=N)C4(O)C(O)=C3C(O)=C2C1=O. The molecule has 4 aliphatic rings. The lowest BCUT2D eigenvalue weighted by atomic mass is 9.51. The van der Waals surface area contributed by atoms with Crippen molar-refractivity contribution in [2.24, 2.45) is 23.0 Å². The van der Waals surface area contributed by atoms with Crippen molar-refractivity contribution in [3.63, 3.8) is 0 Å². The second-order valence-corrected chi connectivity index (χ2v) is 14.3. The second-order valence-electron chi connectivity index (χ2n) is 14.3. The van der Waals surface area contributed by atoms with Crippen LogP contribution in [-0.2, 0) is 14.4 Å². The molecule has 0 spiro atoms. The summed E-state index contributed by atoms with van der Waals surface area (Å²) >= 11 is 0. The van der Waals surface area contributed by atoms with Gasteiger partial charge in [0, 0.05) is 42.3 Å². The Morgan fingerprint density at radius 1 is 1.26 bits per heavy atom. The summed E-state index contributed by atoms with van der Waals surface area (Å²) in [5, 5.41) is 66.1. The van der Waals surface area contributed by atoms with Gasteiger partial charge in [0.2, 0.25) is 11.7 Å². The van der Waals surface area contributed by atoms with Crippen LogP contribution in [0.4, 0.5) is 4.39 Å². The van der Waals surface area contributed by atoms with Gasteiger partial charge >= 0.3 is 5.91 Å². The van der Waals surface area contributed by atoms with Gasteiger partial charge in [-0.15, -0.1) is 0 Å². The Labute approximate surface area is 274 Å². The molecule has 0 bridgehead atoms. The minimum atomic E-state index is -2.54. The molecule has 14 nitrogen and oxygen atoms in total. The molecule has 0 radical (unpaired) electrons. The van der Waals surface area contributed by atoms with E-state index < -0.39 is 98.2 Å². The molecule has 4 rings (SSSR count). The highest BCUT2D eigenvalue weighted by Crippen LogP contribution is 2.60. The highest BCUT2D eigenvalue weighted by atomic mass is 19.1. The van der Waals surface area contributed by atoms with E-state index in [1.54, 1.807) is 37.9 Å². The normalized spacial score (nSPS) is 32.9. The van der Waals surface area contributed by atoms with Gasteiger partial charge in [-0.25, -0.2) is 9.18 Å². The molecule has 7 unspecified atom stereocenters. The van der Waals surface area contributed by atoms with Gasteiger partial charge in [-0.3, -0.25) is 19.0 Å². The molecular formula is C32H49FN7O7+. The number of rotatable bonds is 11. The molecule has 2 amide bonds. The number of quaternary nitrogens is 1. The Morgan fingerprint density at radius 3 is 2.45 bits per heavy atom. The highest BCUT2D eigenvalue weighted by molar-refractivity contribution is 6.10. The second kappa shape index (κ2) is 12.9. The first-order chi connectivity index (χ1) is 21.8. The lowest BCUT2D eigenvalue weighted by Crippen LogP contribution is -2.71. The standard InChI is InChI=1S/C32H48FN7O7/c1-31-13-16-18(33)12-19(40(5,6)20(41)15-39(11-8-34)10-7-9-37-2)25(42)21(16)26(43)23(31)29(45)32(47)17(14-31)24(38(3)4)27(44)22(28(32)35)30(36)46/h8,17,19,22,24,27,34-35,37,44,47H,7,9-15H2,1-6H3,(H3-,36,42,43,45,46)/p+1. The lowest BCUT2D eigenvalue weighted by Gasteiger charge is -2.57. The van der Waals surface area contributed by atoms with E-state index >= 15 is 4.39 Å². The van der Waals surface area contributed by atoms with E-state index in [1.807, 2.05) is 0 Å². The number of halogens is 1. The summed E-state index contributed by atoms with van der Waals surface area (Å²) in [6, 6.07) is -2.22. The number of nitrogens with one attached hydrogen (secondary N) is 3. The van der Waals surface area contributed by atoms with Crippen LogP contribution in [0.2, 0.25) is 0 Å². The maximum absolute atomic E-state index is 16.2. The molecule has 47 heavy (non-hydrogen) atoms. The number of carbonyl (C=O) groups excluding carboxylic acids is 3. The van der Waals surface area contributed by atoms with Crippen molar-refractivity contribution in [2.45, 2.75) is 56.4 Å². The zero-order valence-electron chi connectivity index (χ0n) is 27.9. The number of Topliss-reactive ketones (excluding diaryl/α,β-unsaturated/α-hetero) is 1. The van der Waals surface area contributed by atoms with Crippen LogP contribution in [0.25, 0.3) is 0 Å². The average Bonchev–Trinajstić information content (AvgIpc) is 2.96. The van der Waals surface area contributed by atoms with Crippen LogP contribution >= 0.6 is 0 Å². The molecule has 15 heteroatoms. The number of nitrogens with two attached hydrogens (primary N) is 1. The van der Waals surface area contributed by atoms with Crippen molar-refractivity contribution in [1.29, 1.82) is 10.8 Å². The van der Waals surface area contributed by atoms with Gasteiger partial charge in [0.25, 0.3) is 0 Å². The number of likely N-dealkylation sites (N-methyl/N-ethyl adjacent to an activating group) is 2. The van der Waals surface area contributed by atoms with Crippen molar-refractivity contribution in [1.82, 2.24) is 15.1 Å². The molecule has 1 fully saturated rings. The number of hydrogen-bond acceptors (Lipinski definition) is 12. The number of aliphatic hydroxyl groups is 4. The molecule has 0 heterocycles. The van der Waals surface area contributed by atoms with Crippen LogP contribution in [0.3, 0.4) is 0 Å². The third-order valence-electron chi connectivity index (χ3n) is 10.8. The van der Waals surface area contributed by atoms with Gasteiger partial charge in [-0.1, -0.05) is 6.92 Å². The maximum atomic E-state index is 16.2. The molecule has 4 aliphatic carbocycles. The zero-order chi connectivity index (χ0) is 35.4. The molecule has 0 aliphatic heterocycles. The first-order valence-electron chi connectivity index (χ1n) is 15.8. The number of fused-ring (bicyclic) bond motifs is 3. The van der Waals surface area contributed by atoms with Crippen molar-refractivity contribution in [3.8, 4) is 0 Å². The summed E-state index contributed by atoms with van der Waals surface area (Å²) in [7, 11) is 8.00. The quantitative estimate of drug-likeness (QED) is 0.0835. The van der Waals surface area contributed by atoms with Crippen LogP contribution in [-0.4, -0.2) is 149 Å². The van der Waals surface area contributed by atoms with Crippen molar-refractivity contribution in [3.05, 3.63) is 34.1 Å². The molecule has 7 atom stereocenters. The molecule has 0 saturated heterocycles. The van der Waals surface area contributed by atoms with Gasteiger partial charge in [0.05, 0.1) is 37.9 Å². The summed E-state index contributed by atoms with van der Waals surface area (Å²) in [5.41, 5.74) is 0.306. The Bertz CT molecular complexity index is 1470. The Balaban J connectivity index is 1.81. The highest BCUT2D eigenvalue weighted by Gasteiger charge is 2.66. The zero-order valence-corrected chi connectivity index (χ0v) is 27.9. The number of primary amides is 1. The van der Waals surface area contributed by atoms with Gasteiger partial charge in [-0.2, -0.15) is 0 Å². The molecule has 0 aromatic heterocycles. The largest absolute Gasteiger partial charge is 0.508 e. The smallest absolute Gasteiger partial charge is 0.328 e. The molecule has 9 N–H and O–H groups in total. The van der Waals surface area contributed by atoms with E-state index in [9.17, 15) is 34.8 Å². The lowest BCUT2D eigenvalue weighted by molar-refractivity contribution is -0.830. The van der Waals surface area contributed by atoms with Gasteiger partial charge in [0.1, 0.15) is 29.8 Å². The molecule has 0 aromatic rings. The maximum Gasteiger partial charge on any atom is 0.328 e. The predicted molar refractivity (Wildman–Crippen MR) is 171 cm³/mol. The van der Waals surface area contributed by atoms with Crippen molar-refractivity contribution in [2.75, 3.05) is 61.4 Å². The van der Waals surface area contributed by atoms with E-state index in [1.165, 1.54) is 20.3 Å². The first kappa shape index (κ1) is 36.5. The number of nitrogens with zero attached hydrogens (tertiary/aromatic N) is 3. The minimum absolute atomic E-state index is 0.0546. The Kier molecular flexibility index (Phi) is 10.0. The number of allylic oxidation sites excluding steroid dienone is 2. The van der Waals surface area contributed by atoms with E-state index in [0.29, 0.717) is 19.5 Å². The van der Waals surface area contributed by atoms with Gasteiger partial charge < -0.3 is 47.2 Å². The van der Waals surface area contributed by atoms with Crippen molar-refractivity contribution < 1.29 is 43.7 Å². The number of hydrogen-bond donors (Lipinski definition) is 8. The van der Waals surface area contributed by atoms with Gasteiger partial charge in [0.15, 0.2) is 11.6 Å². The Morgan fingerprint density at radius 2 is 1.89 bits per heavy atom. The van der Waals surface area contributed by atoms with Gasteiger partial charge in [-0.05, 0) is 52.5 Å². The van der Waals surface area contributed by atoms with E-state index in [-0.39, 0.29) is 37.1 Å². The number of ketones is 1. The number of carbonyl (C=O) groups is 3. The van der Waals surface area contributed by atoms with Crippen LogP contribution in [0.5, 0.6) is 0 Å². The fraction of sp³-hybridized carbons (Fsp3) is 0.656. The monoisotopic (exact) mass is 662 g/mol. The van der Waals surface area contributed by atoms with Crippen LogP contribution < -0.4 is 11.1 Å². The predicted octanol–water partition coefficient (Wildman–Crippen LogP) is -0.0734. The van der Waals surface area contributed by atoms with E-state index in [2.05, 4.69) is 5.32 Å². The van der Waals surface area contributed by atoms with Crippen LogP contribution in [0.1, 0.15) is 32.6 Å². The molecule has 260 valence electrons. The van der Waals surface area contributed by atoms with Crippen LogP contribution in [0.15, 0.2) is 34.1 Å². The molecule has 1 saturated carbocycles. The summed E-state index contributed by atoms with van der Waals surface area (Å²) in [6.45, 7) is 2.97. The molecule has 0 aromatic carbocycles. The summed E-state index contributed by atoms with van der Waals surface area (Å²) in [5.74, 6) is -7.22.